The molecule has 1 aliphatic heterocycles. The van der Waals surface area contributed by atoms with Gasteiger partial charge in [-0.1, -0.05) is 31.2 Å². The Morgan fingerprint density at radius 1 is 1.43 bits per heavy atom. The third kappa shape index (κ3) is 0.999. The van der Waals surface area contributed by atoms with Gasteiger partial charge >= 0.3 is 0 Å². The molecule has 14 heavy (non-hydrogen) atoms. The number of aliphatic imine (C=N–C) groups is 1. The number of ether oxygens (including phenoxy) is 1. The van der Waals surface area contributed by atoms with E-state index in [1.165, 1.54) is 11.1 Å². The second kappa shape index (κ2) is 2.84. The Morgan fingerprint density at radius 2 is 2.29 bits per heavy atom. The zero-order valence-corrected chi connectivity index (χ0v) is 8.23. The highest BCUT2D eigenvalue weighted by atomic mass is 16.5. The van der Waals surface area contributed by atoms with Crippen molar-refractivity contribution in [1.29, 1.82) is 0 Å². The van der Waals surface area contributed by atoms with Crippen LogP contribution in [0, 0.1) is 0 Å². The standard InChI is InChI=1S/C12H13NO/c1-2-11-13-12-9-6-4-3-5-8(9)7-10(12)14-11/h3-6,10,12H,2,7H2,1H3/t10-,12+/m1/s1. The average Bonchev–Trinajstić information content (AvgIpc) is 2.73. The number of rotatable bonds is 1. The van der Waals surface area contributed by atoms with Crippen LogP contribution in [0.25, 0.3) is 0 Å². The lowest BCUT2D eigenvalue weighted by atomic mass is 10.1. The van der Waals surface area contributed by atoms with Crippen LogP contribution in [0.3, 0.4) is 0 Å². The maximum absolute atomic E-state index is 5.77. The molecule has 2 atom stereocenters. The van der Waals surface area contributed by atoms with Crippen LogP contribution in [-0.2, 0) is 11.2 Å². The Balaban J connectivity index is 2.02. The highest BCUT2D eigenvalue weighted by Gasteiger charge is 2.38. The SMILES string of the molecule is CCC1=N[C@H]2c3ccccc3C[C@H]2O1. The molecule has 0 unspecified atom stereocenters. The van der Waals surface area contributed by atoms with Gasteiger partial charge in [-0.05, 0) is 11.1 Å². The summed E-state index contributed by atoms with van der Waals surface area (Å²) in [5, 5.41) is 0. The fraction of sp³-hybridized carbons (Fsp3) is 0.417. The summed E-state index contributed by atoms with van der Waals surface area (Å²) in [5.74, 6) is 0.925. The van der Waals surface area contributed by atoms with Crippen LogP contribution in [0.5, 0.6) is 0 Å². The summed E-state index contributed by atoms with van der Waals surface area (Å²) in [4.78, 5) is 4.60. The van der Waals surface area contributed by atoms with Crippen molar-refractivity contribution in [2.75, 3.05) is 0 Å². The zero-order valence-electron chi connectivity index (χ0n) is 8.23. The van der Waals surface area contributed by atoms with Gasteiger partial charge in [0, 0.05) is 12.8 Å². The van der Waals surface area contributed by atoms with Gasteiger partial charge in [0.05, 0.1) is 0 Å². The Bertz CT molecular complexity index is 397. The van der Waals surface area contributed by atoms with Gasteiger partial charge < -0.3 is 4.74 Å². The summed E-state index contributed by atoms with van der Waals surface area (Å²) in [6, 6.07) is 8.80. The summed E-state index contributed by atoms with van der Waals surface area (Å²) in [5.41, 5.74) is 2.77. The Kier molecular flexibility index (Phi) is 1.63. The normalized spacial score (nSPS) is 27.9. The fourth-order valence-electron chi connectivity index (χ4n) is 2.33. The minimum atomic E-state index is 0.279. The molecule has 1 heterocycles. The van der Waals surface area contributed by atoms with Crippen LogP contribution < -0.4 is 0 Å². The molecular weight excluding hydrogens is 174 g/mol. The lowest BCUT2D eigenvalue weighted by Gasteiger charge is -2.07. The van der Waals surface area contributed by atoms with Crippen LogP contribution in [-0.4, -0.2) is 12.0 Å². The van der Waals surface area contributed by atoms with Crippen LogP contribution in [0.4, 0.5) is 0 Å². The largest absolute Gasteiger partial charge is 0.475 e. The lowest BCUT2D eigenvalue weighted by molar-refractivity contribution is 0.202. The maximum atomic E-state index is 5.77. The first kappa shape index (κ1) is 8.04. The van der Waals surface area contributed by atoms with Gasteiger partial charge in [-0.2, -0.15) is 0 Å². The molecule has 1 aromatic carbocycles. The van der Waals surface area contributed by atoms with Crippen molar-refractivity contribution < 1.29 is 4.74 Å². The fourth-order valence-corrected chi connectivity index (χ4v) is 2.33. The monoisotopic (exact) mass is 187 g/mol. The molecule has 0 spiro atoms. The molecule has 2 heteroatoms. The van der Waals surface area contributed by atoms with Gasteiger partial charge in [0.2, 0.25) is 0 Å². The molecule has 0 fully saturated rings. The van der Waals surface area contributed by atoms with Crippen molar-refractivity contribution in [2.45, 2.75) is 31.9 Å². The molecule has 2 nitrogen and oxygen atoms in total. The van der Waals surface area contributed by atoms with Crippen molar-refractivity contribution in [3.05, 3.63) is 35.4 Å². The van der Waals surface area contributed by atoms with Crippen molar-refractivity contribution >= 4 is 5.90 Å². The Labute approximate surface area is 83.6 Å². The molecule has 1 aliphatic carbocycles. The van der Waals surface area contributed by atoms with Crippen molar-refractivity contribution in [2.24, 2.45) is 4.99 Å². The predicted molar refractivity (Wildman–Crippen MR) is 55.5 cm³/mol. The lowest BCUT2D eigenvalue weighted by Crippen LogP contribution is -2.12. The summed E-state index contributed by atoms with van der Waals surface area (Å²) >= 11 is 0. The first-order valence-corrected chi connectivity index (χ1v) is 5.19. The van der Waals surface area contributed by atoms with Gasteiger partial charge in [0.25, 0.3) is 0 Å². The van der Waals surface area contributed by atoms with E-state index in [-0.39, 0.29) is 12.1 Å². The zero-order chi connectivity index (χ0) is 9.54. The second-order valence-electron chi connectivity index (χ2n) is 3.88. The van der Waals surface area contributed by atoms with Gasteiger partial charge in [0.1, 0.15) is 12.1 Å². The van der Waals surface area contributed by atoms with Gasteiger partial charge in [0.15, 0.2) is 5.90 Å². The van der Waals surface area contributed by atoms with Crippen LogP contribution in [0.15, 0.2) is 29.3 Å². The summed E-state index contributed by atoms with van der Waals surface area (Å²) in [6.07, 6.45) is 2.21. The topological polar surface area (TPSA) is 21.6 Å². The molecule has 0 amide bonds. The molecule has 0 bridgehead atoms. The third-order valence-electron chi connectivity index (χ3n) is 3.02. The number of benzene rings is 1. The molecule has 0 radical (unpaired) electrons. The molecule has 0 aromatic heterocycles. The highest BCUT2D eigenvalue weighted by Crippen LogP contribution is 2.39. The summed E-state index contributed by atoms with van der Waals surface area (Å²) in [6.45, 7) is 2.09. The molecule has 72 valence electrons. The first-order chi connectivity index (χ1) is 6.88. The smallest absolute Gasteiger partial charge is 0.184 e. The van der Waals surface area contributed by atoms with Gasteiger partial charge in [-0.25, -0.2) is 4.99 Å². The minimum absolute atomic E-state index is 0.279. The Hall–Kier alpha value is -1.31. The van der Waals surface area contributed by atoms with Crippen LogP contribution in [0.1, 0.15) is 30.5 Å². The van der Waals surface area contributed by atoms with Crippen molar-refractivity contribution in [3.8, 4) is 0 Å². The van der Waals surface area contributed by atoms with E-state index < -0.39 is 0 Å². The minimum Gasteiger partial charge on any atom is -0.475 e. The van der Waals surface area contributed by atoms with E-state index in [2.05, 4.69) is 36.2 Å². The summed E-state index contributed by atoms with van der Waals surface area (Å²) < 4.78 is 5.77. The first-order valence-electron chi connectivity index (χ1n) is 5.19. The third-order valence-corrected chi connectivity index (χ3v) is 3.02. The van der Waals surface area contributed by atoms with E-state index in [1.807, 2.05) is 0 Å². The highest BCUT2D eigenvalue weighted by molar-refractivity contribution is 5.78. The van der Waals surface area contributed by atoms with E-state index >= 15 is 0 Å². The summed E-state index contributed by atoms with van der Waals surface area (Å²) in [7, 11) is 0. The van der Waals surface area contributed by atoms with E-state index in [0.29, 0.717) is 0 Å². The number of fused-ring (bicyclic) bond motifs is 3. The molecular formula is C12H13NO. The average molecular weight is 187 g/mol. The van der Waals surface area contributed by atoms with E-state index in [0.717, 1.165) is 18.7 Å². The van der Waals surface area contributed by atoms with Gasteiger partial charge in [-0.3, -0.25) is 0 Å². The molecule has 0 N–H and O–H groups in total. The van der Waals surface area contributed by atoms with Crippen LogP contribution >= 0.6 is 0 Å². The van der Waals surface area contributed by atoms with Crippen molar-refractivity contribution in [3.63, 3.8) is 0 Å². The maximum Gasteiger partial charge on any atom is 0.184 e. The predicted octanol–water partition coefficient (Wildman–Crippen LogP) is 2.49. The quantitative estimate of drug-likeness (QED) is 0.662. The number of nitrogens with zero attached hydrogens (tertiary/aromatic N) is 1. The van der Waals surface area contributed by atoms with E-state index in [9.17, 15) is 0 Å². The van der Waals surface area contributed by atoms with Gasteiger partial charge in [-0.15, -0.1) is 0 Å². The van der Waals surface area contributed by atoms with E-state index in [4.69, 9.17) is 4.74 Å². The molecule has 2 aliphatic rings. The second-order valence-corrected chi connectivity index (χ2v) is 3.88. The molecule has 3 rings (SSSR count). The Morgan fingerprint density at radius 3 is 3.14 bits per heavy atom. The van der Waals surface area contributed by atoms with Crippen LogP contribution in [0.2, 0.25) is 0 Å². The molecule has 0 saturated carbocycles. The number of hydrogen-bond acceptors (Lipinski definition) is 2. The number of hydrogen-bond donors (Lipinski definition) is 0. The molecule has 0 saturated heterocycles. The van der Waals surface area contributed by atoms with Crippen molar-refractivity contribution in [1.82, 2.24) is 0 Å². The molecule has 1 aromatic rings. The van der Waals surface area contributed by atoms with E-state index in [1.54, 1.807) is 0 Å².